The van der Waals surface area contributed by atoms with Crippen molar-refractivity contribution in [2.75, 3.05) is 13.9 Å². The molecule has 5 heteroatoms. The van der Waals surface area contributed by atoms with Crippen LogP contribution in [0.4, 0.5) is 0 Å². The first-order valence-corrected chi connectivity index (χ1v) is 5.01. The highest BCUT2D eigenvalue weighted by Crippen LogP contribution is 2.28. The predicted molar refractivity (Wildman–Crippen MR) is 57.2 cm³/mol. The largest absolute Gasteiger partial charge is 0.359 e. The van der Waals surface area contributed by atoms with Gasteiger partial charge in [0, 0.05) is 18.1 Å². The fourth-order valence-corrected chi connectivity index (χ4v) is 1.79. The predicted octanol–water partition coefficient (Wildman–Crippen LogP) is 2.64. The maximum absolute atomic E-state index is 8.46. The second-order valence-electron chi connectivity index (χ2n) is 3.89. The van der Waals surface area contributed by atoms with Crippen molar-refractivity contribution >= 4 is 0 Å². The van der Waals surface area contributed by atoms with Gasteiger partial charge in [0.25, 0.3) is 0 Å². The molecule has 15 heavy (non-hydrogen) atoms. The molecule has 5 nitrogen and oxygen atoms in total. The van der Waals surface area contributed by atoms with Crippen LogP contribution in [0.2, 0.25) is 0 Å². The molecule has 0 saturated carbocycles. The first-order chi connectivity index (χ1) is 7.19. The van der Waals surface area contributed by atoms with Crippen molar-refractivity contribution in [3.63, 3.8) is 0 Å². The smallest absolute Gasteiger partial charge is 0.147 e. The van der Waals surface area contributed by atoms with E-state index in [0.29, 0.717) is 0 Å². The van der Waals surface area contributed by atoms with Crippen molar-refractivity contribution in [2.24, 2.45) is 11.0 Å². The van der Waals surface area contributed by atoms with Gasteiger partial charge in [0.05, 0.1) is 6.10 Å². The Balaban J connectivity index is 2.69. The Morgan fingerprint density at radius 2 is 2.40 bits per heavy atom. The molecule has 0 aliphatic heterocycles. The minimum Gasteiger partial charge on any atom is -0.359 e. The molecule has 0 heterocycles. The van der Waals surface area contributed by atoms with Crippen molar-refractivity contribution in [1.29, 1.82) is 0 Å². The van der Waals surface area contributed by atoms with E-state index in [2.05, 4.69) is 16.1 Å². The molecule has 0 fully saturated rings. The molecule has 84 valence electrons. The standard InChI is InChI=1S/C10H17N3O2/c1-7-4-9(12-13-11)8(2)10(5-7)15-6-14-3/h5,8-10H,4,6H2,1-3H3/t8-,9?,10?/m0/s1. The summed E-state index contributed by atoms with van der Waals surface area (Å²) in [5, 5.41) is 3.79. The third-order valence-electron chi connectivity index (χ3n) is 2.68. The molecule has 0 radical (unpaired) electrons. The van der Waals surface area contributed by atoms with Crippen molar-refractivity contribution in [3.05, 3.63) is 22.1 Å². The van der Waals surface area contributed by atoms with Gasteiger partial charge < -0.3 is 9.47 Å². The van der Waals surface area contributed by atoms with Crippen LogP contribution in [0.5, 0.6) is 0 Å². The molecule has 3 atom stereocenters. The molecule has 0 aromatic rings. The number of methoxy groups -OCH3 is 1. The Morgan fingerprint density at radius 3 is 3.00 bits per heavy atom. The highest BCUT2D eigenvalue weighted by molar-refractivity contribution is 5.12. The number of nitrogens with zero attached hydrogens (tertiary/aromatic N) is 3. The van der Waals surface area contributed by atoms with Gasteiger partial charge in [0.1, 0.15) is 6.79 Å². The van der Waals surface area contributed by atoms with E-state index in [4.69, 9.17) is 15.0 Å². The van der Waals surface area contributed by atoms with E-state index in [-0.39, 0.29) is 24.9 Å². The minimum atomic E-state index is -0.0193. The summed E-state index contributed by atoms with van der Waals surface area (Å²) < 4.78 is 10.4. The maximum atomic E-state index is 8.46. The second kappa shape index (κ2) is 5.75. The van der Waals surface area contributed by atoms with E-state index >= 15 is 0 Å². The van der Waals surface area contributed by atoms with Gasteiger partial charge in [-0.15, -0.1) is 0 Å². The zero-order valence-electron chi connectivity index (χ0n) is 9.38. The van der Waals surface area contributed by atoms with Gasteiger partial charge in [-0.1, -0.05) is 23.7 Å². The number of hydrogen-bond acceptors (Lipinski definition) is 3. The van der Waals surface area contributed by atoms with Crippen LogP contribution >= 0.6 is 0 Å². The average molecular weight is 211 g/mol. The lowest BCUT2D eigenvalue weighted by Gasteiger charge is -2.31. The summed E-state index contributed by atoms with van der Waals surface area (Å²) in [4.78, 5) is 2.87. The van der Waals surface area contributed by atoms with E-state index in [1.165, 1.54) is 5.57 Å². The normalized spacial score (nSPS) is 30.6. The van der Waals surface area contributed by atoms with Gasteiger partial charge in [-0.25, -0.2) is 0 Å². The molecule has 1 aliphatic carbocycles. The summed E-state index contributed by atoms with van der Waals surface area (Å²) in [6.07, 6.45) is 2.87. The minimum absolute atomic E-state index is 0.0122. The topological polar surface area (TPSA) is 67.2 Å². The molecule has 1 aliphatic rings. The Morgan fingerprint density at radius 1 is 1.67 bits per heavy atom. The first-order valence-electron chi connectivity index (χ1n) is 5.01. The molecule has 0 saturated heterocycles. The van der Waals surface area contributed by atoms with Crippen LogP contribution in [0.25, 0.3) is 10.4 Å². The van der Waals surface area contributed by atoms with Gasteiger partial charge in [-0.2, -0.15) is 0 Å². The van der Waals surface area contributed by atoms with Gasteiger partial charge in [0.15, 0.2) is 0 Å². The molecule has 0 N–H and O–H groups in total. The fourth-order valence-electron chi connectivity index (χ4n) is 1.79. The summed E-state index contributed by atoms with van der Waals surface area (Å²) in [5.74, 6) is 0.194. The lowest BCUT2D eigenvalue weighted by atomic mass is 9.85. The van der Waals surface area contributed by atoms with Gasteiger partial charge in [-0.05, 0) is 24.8 Å². The van der Waals surface area contributed by atoms with E-state index in [1.54, 1.807) is 7.11 Å². The first kappa shape index (κ1) is 12.0. The quantitative estimate of drug-likeness (QED) is 0.236. The molecule has 0 aromatic carbocycles. The summed E-state index contributed by atoms with van der Waals surface area (Å²) in [6, 6.07) is -0.0122. The van der Waals surface area contributed by atoms with Crippen LogP contribution in [-0.2, 0) is 9.47 Å². The summed E-state index contributed by atoms with van der Waals surface area (Å²) in [6.45, 7) is 4.32. The summed E-state index contributed by atoms with van der Waals surface area (Å²) >= 11 is 0. The lowest BCUT2D eigenvalue weighted by molar-refractivity contribution is -0.0758. The molecular formula is C10H17N3O2. The van der Waals surface area contributed by atoms with Crippen molar-refractivity contribution in [3.8, 4) is 0 Å². The number of rotatable bonds is 4. The van der Waals surface area contributed by atoms with Gasteiger partial charge >= 0.3 is 0 Å². The van der Waals surface area contributed by atoms with Crippen LogP contribution in [0.15, 0.2) is 16.8 Å². The zero-order valence-corrected chi connectivity index (χ0v) is 9.38. The number of azide groups is 1. The average Bonchev–Trinajstić information content (AvgIpc) is 2.21. The second-order valence-corrected chi connectivity index (χ2v) is 3.89. The number of ether oxygens (including phenoxy) is 2. The third kappa shape index (κ3) is 3.23. The van der Waals surface area contributed by atoms with E-state index in [1.807, 2.05) is 13.8 Å². The Hall–Kier alpha value is -1.03. The van der Waals surface area contributed by atoms with Crippen LogP contribution in [-0.4, -0.2) is 26.0 Å². The molecular weight excluding hydrogens is 194 g/mol. The molecule has 0 aromatic heterocycles. The summed E-state index contributed by atoms with van der Waals surface area (Å²) in [7, 11) is 1.59. The van der Waals surface area contributed by atoms with Crippen LogP contribution < -0.4 is 0 Å². The van der Waals surface area contributed by atoms with Gasteiger partial charge in [-0.3, -0.25) is 0 Å². The van der Waals surface area contributed by atoms with Gasteiger partial charge in [0.2, 0.25) is 0 Å². The third-order valence-corrected chi connectivity index (χ3v) is 2.68. The number of hydrogen-bond donors (Lipinski definition) is 0. The van der Waals surface area contributed by atoms with E-state index in [9.17, 15) is 0 Å². The fraction of sp³-hybridized carbons (Fsp3) is 0.800. The highest BCUT2D eigenvalue weighted by atomic mass is 16.7. The monoisotopic (exact) mass is 211 g/mol. The zero-order chi connectivity index (χ0) is 11.3. The Bertz CT molecular complexity index is 284. The Labute approximate surface area is 89.7 Å². The lowest BCUT2D eigenvalue weighted by Crippen LogP contribution is -2.33. The van der Waals surface area contributed by atoms with Crippen molar-refractivity contribution < 1.29 is 9.47 Å². The molecule has 1 rings (SSSR count). The summed E-state index contributed by atoms with van der Waals surface area (Å²) in [5.41, 5.74) is 9.66. The van der Waals surface area contributed by atoms with E-state index in [0.717, 1.165) is 6.42 Å². The molecule has 0 amide bonds. The van der Waals surface area contributed by atoms with Crippen molar-refractivity contribution in [2.45, 2.75) is 32.4 Å². The Kier molecular flexibility index (Phi) is 4.62. The van der Waals surface area contributed by atoms with E-state index < -0.39 is 0 Å². The van der Waals surface area contributed by atoms with Crippen LogP contribution in [0.1, 0.15) is 20.3 Å². The highest BCUT2D eigenvalue weighted by Gasteiger charge is 2.28. The van der Waals surface area contributed by atoms with Crippen molar-refractivity contribution in [1.82, 2.24) is 0 Å². The molecule has 2 unspecified atom stereocenters. The van der Waals surface area contributed by atoms with Crippen LogP contribution in [0, 0.1) is 5.92 Å². The SMILES string of the molecule is COCOC1C=C(C)CC(N=[N+]=[N-])[C@@H]1C. The molecule has 0 spiro atoms. The van der Waals surface area contributed by atoms with Crippen LogP contribution in [0.3, 0.4) is 0 Å². The maximum Gasteiger partial charge on any atom is 0.147 e. The molecule has 0 bridgehead atoms.